The number of ether oxygens (including phenoxy) is 1. The van der Waals surface area contributed by atoms with Gasteiger partial charge in [0, 0.05) is 12.2 Å². The van der Waals surface area contributed by atoms with Crippen molar-refractivity contribution < 1.29 is 14.2 Å². The maximum Gasteiger partial charge on any atom is 0.143 e. The van der Waals surface area contributed by atoms with E-state index < -0.39 is 17.5 Å². The van der Waals surface area contributed by atoms with Gasteiger partial charge in [-0.25, -0.2) is 4.39 Å². The summed E-state index contributed by atoms with van der Waals surface area (Å²) in [6.07, 6.45) is 2.51. The molecule has 1 atom stereocenters. The van der Waals surface area contributed by atoms with E-state index in [0.29, 0.717) is 16.6 Å². The third kappa shape index (κ3) is 3.49. The summed E-state index contributed by atoms with van der Waals surface area (Å²) in [5.74, 6) is -0.395. The van der Waals surface area contributed by atoms with Crippen LogP contribution in [0.2, 0.25) is 0 Å². The summed E-state index contributed by atoms with van der Waals surface area (Å²) in [4.78, 5) is 0. The van der Waals surface area contributed by atoms with E-state index in [-0.39, 0.29) is 5.41 Å². The Labute approximate surface area is 134 Å². The molecule has 1 aliphatic rings. The van der Waals surface area contributed by atoms with E-state index in [4.69, 9.17) is 4.74 Å². The highest BCUT2D eigenvalue weighted by molar-refractivity contribution is 9.10. The molecule has 1 aromatic rings. The number of benzene rings is 1. The van der Waals surface area contributed by atoms with Gasteiger partial charge in [-0.1, -0.05) is 26.0 Å². The molecular weight excluding hydrogens is 335 g/mol. The van der Waals surface area contributed by atoms with E-state index >= 15 is 0 Å². The van der Waals surface area contributed by atoms with Crippen LogP contribution in [0.4, 0.5) is 4.39 Å². The second kappa shape index (κ2) is 6.35. The molecule has 2 nitrogen and oxygen atoms in total. The molecule has 0 aliphatic heterocycles. The zero-order valence-electron chi connectivity index (χ0n) is 13.0. The Morgan fingerprint density at radius 1 is 1.29 bits per heavy atom. The highest BCUT2D eigenvalue weighted by Gasteiger charge is 2.45. The number of aliphatic hydroxyl groups excluding tert-OH is 1. The second-order valence-electron chi connectivity index (χ2n) is 6.71. The summed E-state index contributed by atoms with van der Waals surface area (Å²) < 4.78 is 20.6. The van der Waals surface area contributed by atoms with Crippen molar-refractivity contribution in [1.82, 2.24) is 0 Å². The van der Waals surface area contributed by atoms with Gasteiger partial charge >= 0.3 is 0 Å². The summed E-state index contributed by atoms with van der Waals surface area (Å²) in [6.45, 7) is 6.91. The Balaban J connectivity index is 2.32. The van der Waals surface area contributed by atoms with Crippen molar-refractivity contribution in [3.05, 3.63) is 34.1 Å². The summed E-state index contributed by atoms with van der Waals surface area (Å²) in [5, 5.41) is 10.8. The normalized spacial score (nSPS) is 22.0. The fourth-order valence-corrected chi connectivity index (χ4v) is 3.53. The average molecular weight is 359 g/mol. The van der Waals surface area contributed by atoms with Gasteiger partial charge in [0.05, 0.1) is 10.1 Å². The number of halogens is 2. The maximum absolute atomic E-state index is 14.3. The molecule has 0 amide bonds. The highest BCUT2D eigenvalue weighted by Crippen LogP contribution is 2.48. The minimum Gasteiger partial charge on any atom is -0.385 e. The Hall–Kier alpha value is -0.450. The molecular formula is C17H24BrFO2. The Kier molecular flexibility index (Phi) is 5.11. The number of aliphatic hydroxyl groups is 1. The molecule has 0 heterocycles. The van der Waals surface area contributed by atoms with Gasteiger partial charge in [-0.2, -0.15) is 0 Å². The molecule has 1 fully saturated rings. The van der Waals surface area contributed by atoms with Gasteiger partial charge in [0.1, 0.15) is 11.9 Å². The lowest BCUT2D eigenvalue weighted by Crippen LogP contribution is -2.45. The molecule has 1 unspecified atom stereocenters. The first-order chi connectivity index (χ1) is 9.81. The number of hydrogen-bond acceptors (Lipinski definition) is 2. The fraction of sp³-hybridized carbons (Fsp3) is 0.647. The summed E-state index contributed by atoms with van der Waals surface area (Å²) in [5.41, 5.74) is -0.0975. The molecule has 0 bridgehead atoms. The van der Waals surface area contributed by atoms with Crippen molar-refractivity contribution >= 4 is 15.9 Å². The van der Waals surface area contributed by atoms with Crippen LogP contribution in [0.25, 0.3) is 0 Å². The van der Waals surface area contributed by atoms with E-state index in [2.05, 4.69) is 29.8 Å². The van der Waals surface area contributed by atoms with Crippen molar-refractivity contribution in [1.29, 1.82) is 0 Å². The summed E-state index contributed by atoms with van der Waals surface area (Å²) in [6, 6.07) is 5.03. The van der Waals surface area contributed by atoms with E-state index in [1.165, 1.54) is 0 Å². The van der Waals surface area contributed by atoms with Crippen LogP contribution < -0.4 is 0 Å². The molecule has 2 rings (SSSR count). The van der Waals surface area contributed by atoms with E-state index in [0.717, 1.165) is 25.7 Å². The van der Waals surface area contributed by atoms with Gasteiger partial charge in [-0.15, -0.1) is 0 Å². The molecule has 118 valence electrons. The molecule has 0 radical (unpaired) electrons. The van der Waals surface area contributed by atoms with Gasteiger partial charge in [0.25, 0.3) is 0 Å². The van der Waals surface area contributed by atoms with Crippen LogP contribution in [0.1, 0.15) is 58.1 Å². The van der Waals surface area contributed by atoms with Crippen LogP contribution in [-0.2, 0) is 4.74 Å². The largest absolute Gasteiger partial charge is 0.385 e. The zero-order valence-corrected chi connectivity index (χ0v) is 14.5. The monoisotopic (exact) mass is 358 g/mol. The molecule has 21 heavy (non-hydrogen) atoms. The van der Waals surface area contributed by atoms with Gasteiger partial charge in [-0.05, 0) is 60.0 Å². The Morgan fingerprint density at radius 3 is 2.48 bits per heavy atom. The van der Waals surface area contributed by atoms with Gasteiger partial charge in [0.15, 0.2) is 0 Å². The quantitative estimate of drug-likeness (QED) is 0.820. The van der Waals surface area contributed by atoms with Gasteiger partial charge < -0.3 is 9.84 Å². The van der Waals surface area contributed by atoms with Crippen molar-refractivity contribution in [2.45, 2.75) is 58.2 Å². The minimum absolute atomic E-state index is 0.260. The lowest BCUT2D eigenvalue weighted by molar-refractivity contribution is -0.154. The molecule has 0 spiro atoms. The average Bonchev–Trinajstić information content (AvgIpc) is 2.44. The minimum atomic E-state index is -0.939. The fourth-order valence-electron chi connectivity index (χ4n) is 3.15. The third-order valence-electron chi connectivity index (χ3n) is 4.66. The molecule has 1 saturated carbocycles. The van der Waals surface area contributed by atoms with Crippen molar-refractivity contribution in [3.63, 3.8) is 0 Å². The van der Waals surface area contributed by atoms with Crippen molar-refractivity contribution in [3.8, 4) is 0 Å². The first-order valence-electron chi connectivity index (χ1n) is 7.57. The summed E-state index contributed by atoms with van der Waals surface area (Å²) >= 11 is 3.19. The topological polar surface area (TPSA) is 29.5 Å². The third-order valence-corrected chi connectivity index (χ3v) is 5.27. The van der Waals surface area contributed by atoms with Crippen molar-refractivity contribution in [2.24, 2.45) is 5.41 Å². The summed E-state index contributed by atoms with van der Waals surface area (Å²) in [7, 11) is 0. The lowest BCUT2D eigenvalue weighted by atomic mass is 9.68. The van der Waals surface area contributed by atoms with Gasteiger partial charge in [-0.3, -0.25) is 0 Å². The Bertz CT molecular complexity index is 492. The molecule has 1 aliphatic carbocycles. The highest BCUT2D eigenvalue weighted by atomic mass is 79.9. The smallest absolute Gasteiger partial charge is 0.143 e. The molecule has 1 aromatic carbocycles. The first-order valence-corrected chi connectivity index (χ1v) is 8.36. The van der Waals surface area contributed by atoms with Crippen LogP contribution in [0, 0.1) is 11.2 Å². The predicted molar refractivity (Wildman–Crippen MR) is 85.7 cm³/mol. The molecule has 1 N–H and O–H groups in total. The van der Waals surface area contributed by atoms with Crippen LogP contribution >= 0.6 is 15.9 Å². The van der Waals surface area contributed by atoms with Crippen molar-refractivity contribution in [2.75, 3.05) is 6.61 Å². The molecule has 4 heteroatoms. The predicted octanol–water partition coefficient (Wildman–Crippen LogP) is 5.00. The zero-order chi connectivity index (χ0) is 15.7. The first kappa shape index (κ1) is 16.9. The standard InChI is InChI=1S/C17H24BrFO2/c1-4-21-17(10-8-16(2,3)9-11-17)15(20)12-6-5-7-13(18)14(12)19/h5-7,15,20H,4,8-11H2,1-3H3. The van der Waals surface area contributed by atoms with E-state index in [1.807, 2.05) is 6.92 Å². The van der Waals surface area contributed by atoms with Crippen LogP contribution in [0.5, 0.6) is 0 Å². The van der Waals surface area contributed by atoms with Crippen LogP contribution in [0.15, 0.2) is 22.7 Å². The van der Waals surface area contributed by atoms with Crippen LogP contribution in [-0.4, -0.2) is 17.3 Å². The SMILES string of the molecule is CCOC1(C(O)c2cccc(Br)c2F)CCC(C)(C)CC1. The number of hydrogen-bond donors (Lipinski definition) is 1. The molecule has 0 aromatic heterocycles. The second-order valence-corrected chi connectivity index (χ2v) is 7.56. The van der Waals surface area contributed by atoms with Gasteiger partial charge in [0.2, 0.25) is 0 Å². The number of rotatable bonds is 4. The lowest BCUT2D eigenvalue weighted by Gasteiger charge is -2.46. The van der Waals surface area contributed by atoms with Crippen LogP contribution in [0.3, 0.4) is 0 Å². The van der Waals surface area contributed by atoms with E-state index in [9.17, 15) is 9.50 Å². The molecule has 0 saturated heterocycles. The maximum atomic E-state index is 14.3. The van der Waals surface area contributed by atoms with E-state index in [1.54, 1.807) is 18.2 Å². The Morgan fingerprint density at radius 2 is 1.90 bits per heavy atom.